The fourth-order valence-electron chi connectivity index (χ4n) is 4.11. The summed E-state index contributed by atoms with van der Waals surface area (Å²) in [6.45, 7) is 6.04. The van der Waals surface area contributed by atoms with Gasteiger partial charge in [-0.25, -0.2) is 4.98 Å². The van der Waals surface area contributed by atoms with Gasteiger partial charge >= 0.3 is 0 Å². The second kappa shape index (κ2) is 10.0. The van der Waals surface area contributed by atoms with Gasteiger partial charge in [0, 0.05) is 11.6 Å². The van der Waals surface area contributed by atoms with Gasteiger partial charge < -0.3 is 19.8 Å². The number of carbonyl (C=O) groups is 1. The van der Waals surface area contributed by atoms with Crippen molar-refractivity contribution in [3.05, 3.63) is 81.8 Å². The Labute approximate surface area is 203 Å². The van der Waals surface area contributed by atoms with E-state index >= 15 is 0 Å². The minimum absolute atomic E-state index is 0.0266. The van der Waals surface area contributed by atoms with E-state index in [-0.39, 0.29) is 23.9 Å². The predicted octanol–water partition coefficient (Wildman–Crippen LogP) is 4.46. The van der Waals surface area contributed by atoms with E-state index in [1.807, 2.05) is 30.3 Å². The summed E-state index contributed by atoms with van der Waals surface area (Å²) in [7, 11) is 3.13. The Balaban J connectivity index is 1.76. The van der Waals surface area contributed by atoms with Crippen molar-refractivity contribution in [3.8, 4) is 22.6 Å². The molecule has 1 amide bonds. The van der Waals surface area contributed by atoms with Crippen LogP contribution in [0.3, 0.4) is 0 Å². The molecule has 1 unspecified atom stereocenters. The average molecular weight is 475 g/mol. The van der Waals surface area contributed by atoms with E-state index in [2.05, 4.69) is 35.2 Å². The Morgan fingerprint density at radius 2 is 1.86 bits per heavy atom. The van der Waals surface area contributed by atoms with Crippen LogP contribution < -0.4 is 20.3 Å². The van der Waals surface area contributed by atoms with E-state index in [1.165, 1.54) is 7.11 Å². The van der Waals surface area contributed by atoms with Gasteiger partial charge in [-0.3, -0.25) is 14.0 Å². The van der Waals surface area contributed by atoms with Crippen molar-refractivity contribution in [2.24, 2.45) is 0 Å². The van der Waals surface area contributed by atoms with Crippen LogP contribution in [0.1, 0.15) is 53.6 Å². The maximum Gasteiger partial charge on any atom is 0.268 e. The molecule has 3 aromatic heterocycles. The van der Waals surface area contributed by atoms with Crippen LogP contribution in [0.4, 0.5) is 0 Å². The molecule has 4 rings (SSSR count). The molecule has 4 aromatic rings. The van der Waals surface area contributed by atoms with E-state index in [1.54, 1.807) is 30.8 Å². The van der Waals surface area contributed by atoms with Gasteiger partial charge in [0.1, 0.15) is 23.5 Å². The SMILES string of the molecule is CCC(C)c1ncn2c(C(=O)NCc3c(OC)cc(C)[nH]c3=O)cc(-c3ccc(OC)cc3)cc12. The smallest absolute Gasteiger partial charge is 0.268 e. The van der Waals surface area contributed by atoms with Crippen molar-refractivity contribution >= 4 is 11.4 Å². The number of rotatable bonds is 8. The van der Waals surface area contributed by atoms with Gasteiger partial charge in [0.05, 0.1) is 37.5 Å². The predicted molar refractivity (Wildman–Crippen MR) is 135 cm³/mol. The largest absolute Gasteiger partial charge is 0.497 e. The zero-order valence-electron chi connectivity index (χ0n) is 20.6. The number of hydrogen-bond acceptors (Lipinski definition) is 5. The lowest BCUT2D eigenvalue weighted by atomic mass is 10.0. The number of nitrogens with one attached hydrogen (secondary N) is 2. The number of methoxy groups -OCH3 is 2. The highest BCUT2D eigenvalue weighted by Gasteiger charge is 2.19. The molecule has 0 bridgehead atoms. The lowest BCUT2D eigenvalue weighted by Crippen LogP contribution is -2.28. The van der Waals surface area contributed by atoms with E-state index in [4.69, 9.17) is 9.47 Å². The third-order valence-electron chi connectivity index (χ3n) is 6.29. The molecule has 0 saturated heterocycles. The van der Waals surface area contributed by atoms with Crippen molar-refractivity contribution < 1.29 is 14.3 Å². The average Bonchev–Trinajstić information content (AvgIpc) is 3.30. The first-order valence-electron chi connectivity index (χ1n) is 11.6. The van der Waals surface area contributed by atoms with Crippen LogP contribution >= 0.6 is 0 Å². The van der Waals surface area contributed by atoms with Crippen molar-refractivity contribution in [2.45, 2.75) is 39.7 Å². The number of pyridine rings is 2. The first-order valence-corrected chi connectivity index (χ1v) is 11.6. The number of benzene rings is 1. The molecule has 1 atom stereocenters. The number of H-pyrrole nitrogens is 1. The maximum absolute atomic E-state index is 13.4. The van der Waals surface area contributed by atoms with Crippen molar-refractivity contribution in [1.82, 2.24) is 19.7 Å². The monoisotopic (exact) mass is 474 g/mol. The number of carbonyl (C=O) groups excluding carboxylic acids is 1. The molecule has 8 nitrogen and oxygen atoms in total. The zero-order valence-corrected chi connectivity index (χ0v) is 20.6. The van der Waals surface area contributed by atoms with Gasteiger partial charge in [-0.1, -0.05) is 26.0 Å². The highest BCUT2D eigenvalue weighted by atomic mass is 16.5. The Morgan fingerprint density at radius 1 is 1.11 bits per heavy atom. The molecule has 182 valence electrons. The summed E-state index contributed by atoms with van der Waals surface area (Å²) in [5.41, 5.74) is 4.85. The number of amides is 1. The minimum Gasteiger partial charge on any atom is -0.497 e. The van der Waals surface area contributed by atoms with E-state index < -0.39 is 0 Å². The molecule has 8 heteroatoms. The Hall–Kier alpha value is -4.07. The molecule has 0 aliphatic heterocycles. The standard InChI is InChI=1S/C27H30N4O4/c1-6-16(2)25-22-12-19(18-7-9-20(34-4)10-8-18)13-23(31(22)15-29-25)27(33)28-14-21-24(35-5)11-17(3)30-26(21)32/h7-13,15-16H,6,14H2,1-5H3,(H,28,33)(H,30,32). The summed E-state index contributed by atoms with van der Waals surface area (Å²) in [6, 6.07) is 13.3. The highest BCUT2D eigenvalue weighted by Crippen LogP contribution is 2.29. The first-order chi connectivity index (χ1) is 16.9. The summed E-state index contributed by atoms with van der Waals surface area (Å²) in [6.07, 6.45) is 2.61. The van der Waals surface area contributed by atoms with Gasteiger partial charge in [0.25, 0.3) is 11.5 Å². The molecule has 0 aliphatic rings. The number of aromatic nitrogens is 3. The van der Waals surface area contributed by atoms with Crippen LogP contribution in [0, 0.1) is 6.92 Å². The van der Waals surface area contributed by atoms with Crippen LogP contribution in [0.25, 0.3) is 16.6 Å². The summed E-state index contributed by atoms with van der Waals surface area (Å²) in [5.74, 6) is 1.11. The summed E-state index contributed by atoms with van der Waals surface area (Å²) >= 11 is 0. The molecule has 0 radical (unpaired) electrons. The molecule has 3 heterocycles. The molecule has 0 aliphatic carbocycles. The van der Waals surface area contributed by atoms with Crippen LogP contribution in [0.5, 0.6) is 11.5 Å². The topological polar surface area (TPSA) is 97.7 Å². The highest BCUT2D eigenvalue weighted by molar-refractivity contribution is 5.95. The fraction of sp³-hybridized carbons (Fsp3) is 0.296. The van der Waals surface area contributed by atoms with Crippen LogP contribution in [-0.2, 0) is 6.54 Å². The van der Waals surface area contributed by atoms with Crippen LogP contribution in [-0.4, -0.2) is 34.5 Å². The number of imidazole rings is 1. The second-order valence-corrected chi connectivity index (χ2v) is 8.56. The summed E-state index contributed by atoms with van der Waals surface area (Å²) < 4.78 is 12.4. The third kappa shape index (κ3) is 4.77. The number of aromatic amines is 1. The zero-order chi connectivity index (χ0) is 25.1. The molecular formula is C27H30N4O4. The number of hydrogen-bond donors (Lipinski definition) is 2. The molecule has 0 spiro atoms. The second-order valence-electron chi connectivity index (χ2n) is 8.56. The fourth-order valence-corrected chi connectivity index (χ4v) is 4.11. The Bertz CT molecular complexity index is 1420. The molecule has 0 saturated carbocycles. The van der Waals surface area contributed by atoms with E-state index in [0.29, 0.717) is 22.7 Å². The quantitative estimate of drug-likeness (QED) is 0.393. The maximum atomic E-state index is 13.4. The third-order valence-corrected chi connectivity index (χ3v) is 6.29. The molecular weight excluding hydrogens is 444 g/mol. The van der Waals surface area contributed by atoms with Gasteiger partial charge in [-0.15, -0.1) is 0 Å². The van der Waals surface area contributed by atoms with Crippen LogP contribution in [0.15, 0.2) is 53.6 Å². The minimum atomic E-state index is -0.319. The van der Waals surface area contributed by atoms with Gasteiger partial charge in [-0.05, 0) is 54.8 Å². The number of nitrogens with zero attached hydrogens (tertiary/aromatic N) is 2. The molecule has 2 N–H and O–H groups in total. The molecule has 35 heavy (non-hydrogen) atoms. The molecule has 1 aromatic carbocycles. The number of fused-ring (bicyclic) bond motifs is 1. The van der Waals surface area contributed by atoms with Crippen molar-refractivity contribution in [1.29, 1.82) is 0 Å². The number of aryl methyl sites for hydroxylation is 1. The number of ether oxygens (including phenoxy) is 2. The molecule has 0 fully saturated rings. The lowest BCUT2D eigenvalue weighted by molar-refractivity contribution is 0.0944. The van der Waals surface area contributed by atoms with Crippen molar-refractivity contribution in [3.63, 3.8) is 0 Å². The first kappa shape index (κ1) is 24.1. The Morgan fingerprint density at radius 3 is 2.51 bits per heavy atom. The summed E-state index contributed by atoms with van der Waals surface area (Å²) in [4.78, 5) is 33.3. The van der Waals surface area contributed by atoms with Gasteiger partial charge in [-0.2, -0.15) is 0 Å². The normalized spacial score (nSPS) is 11.9. The summed E-state index contributed by atoms with van der Waals surface area (Å²) in [5, 5.41) is 2.88. The lowest BCUT2D eigenvalue weighted by Gasteiger charge is -2.13. The van der Waals surface area contributed by atoms with E-state index in [9.17, 15) is 9.59 Å². The van der Waals surface area contributed by atoms with Gasteiger partial charge in [0.15, 0.2) is 0 Å². The van der Waals surface area contributed by atoms with Crippen LogP contribution in [0.2, 0.25) is 0 Å². The van der Waals surface area contributed by atoms with E-state index in [0.717, 1.165) is 34.5 Å². The van der Waals surface area contributed by atoms with Crippen molar-refractivity contribution in [2.75, 3.05) is 14.2 Å². The Kier molecular flexibility index (Phi) is 6.91. The van der Waals surface area contributed by atoms with Gasteiger partial charge in [0.2, 0.25) is 0 Å².